The molecular formula is C23H14ClN3O2S. The number of hydrogen-bond donors (Lipinski definition) is 1. The first kappa shape index (κ1) is 18.5. The summed E-state index contributed by atoms with van der Waals surface area (Å²) >= 11 is 7.44. The van der Waals surface area contributed by atoms with Crippen LogP contribution in [0.3, 0.4) is 0 Å². The number of rotatable bonds is 4. The van der Waals surface area contributed by atoms with E-state index in [4.69, 9.17) is 16.0 Å². The number of aromatic nitrogens is 1. The van der Waals surface area contributed by atoms with Crippen LogP contribution in [0.1, 0.15) is 5.56 Å². The minimum Gasteiger partial charge on any atom is -0.422 e. The number of halogens is 1. The van der Waals surface area contributed by atoms with Gasteiger partial charge in [0, 0.05) is 22.2 Å². The number of benzene rings is 3. The Morgan fingerprint density at radius 1 is 1.03 bits per heavy atom. The molecular weight excluding hydrogens is 418 g/mol. The molecule has 2 heterocycles. The highest BCUT2D eigenvalue weighted by molar-refractivity contribution is 7.18. The van der Waals surface area contributed by atoms with Crippen molar-refractivity contribution in [3.05, 3.63) is 93.9 Å². The van der Waals surface area contributed by atoms with E-state index in [1.165, 1.54) is 11.3 Å². The molecule has 0 radical (unpaired) electrons. The Bertz CT molecular complexity index is 1470. The van der Waals surface area contributed by atoms with Crippen LogP contribution in [0.5, 0.6) is 0 Å². The topological polar surface area (TPSA) is 67.5 Å². The molecule has 146 valence electrons. The van der Waals surface area contributed by atoms with Crippen molar-refractivity contribution in [2.24, 2.45) is 5.10 Å². The van der Waals surface area contributed by atoms with Gasteiger partial charge in [-0.15, -0.1) is 0 Å². The van der Waals surface area contributed by atoms with Gasteiger partial charge < -0.3 is 4.42 Å². The minimum atomic E-state index is -0.396. The molecule has 7 heteroatoms. The standard InChI is InChI=1S/C23H14ClN3O2S/c24-19-8-4-2-6-15(19)12-26-27-23-25-13-21(30-23)18-11-17-16-7-3-1-5-14(16)9-10-20(17)29-22(18)28/h1-13H,(H,25,27)/b26-12+. The van der Waals surface area contributed by atoms with Crippen LogP contribution >= 0.6 is 22.9 Å². The summed E-state index contributed by atoms with van der Waals surface area (Å²) in [5.74, 6) is 0. The molecule has 0 fully saturated rings. The van der Waals surface area contributed by atoms with E-state index in [-0.39, 0.29) is 0 Å². The number of anilines is 1. The zero-order valence-electron chi connectivity index (χ0n) is 15.5. The third kappa shape index (κ3) is 3.47. The van der Waals surface area contributed by atoms with Gasteiger partial charge in [-0.3, -0.25) is 5.43 Å². The lowest BCUT2D eigenvalue weighted by molar-refractivity contribution is 0.564. The smallest absolute Gasteiger partial charge is 0.345 e. The maximum atomic E-state index is 12.6. The van der Waals surface area contributed by atoms with E-state index < -0.39 is 5.63 Å². The highest BCUT2D eigenvalue weighted by Crippen LogP contribution is 2.31. The highest BCUT2D eigenvalue weighted by Gasteiger charge is 2.13. The Hall–Kier alpha value is -3.48. The summed E-state index contributed by atoms with van der Waals surface area (Å²) in [7, 11) is 0. The lowest BCUT2D eigenvalue weighted by atomic mass is 10.0. The lowest BCUT2D eigenvalue weighted by Crippen LogP contribution is -2.01. The van der Waals surface area contributed by atoms with Crippen molar-refractivity contribution >= 4 is 56.0 Å². The van der Waals surface area contributed by atoms with Crippen molar-refractivity contribution in [3.8, 4) is 10.4 Å². The largest absolute Gasteiger partial charge is 0.422 e. The molecule has 0 unspecified atom stereocenters. The molecule has 5 nitrogen and oxygen atoms in total. The molecule has 5 rings (SSSR count). The quantitative estimate of drug-likeness (QED) is 0.160. The Labute approximate surface area is 180 Å². The van der Waals surface area contributed by atoms with Crippen molar-refractivity contribution < 1.29 is 4.42 Å². The normalized spacial score (nSPS) is 11.5. The van der Waals surface area contributed by atoms with Gasteiger partial charge in [0.15, 0.2) is 0 Å². The first-order chi connectivity index (χ1) is 14.7. The second-order valence-electron chi connectivity index (χ2n) is 6.57. The first-order valence-electron chi connectivity index (χ1n) is 9.14. The molecule has 0 saturated heterocycles. The first-order valence-corrected chi connectivity index (χ1v) is 10.3. The molecule has 0 aliphatic rings. The van der Waals surface area contributed by atoms with Crippen LogP contribution in [0.25, 0.3) is 32.2 Å². The van der Waals surface area contributed by atoms with Crippen LogP contribution in [0, 0.1) is 0 Å². The summed E-state index contributed by atoms with van der Waals surface area (Å²) in [5, 5.41) is 8.37. The molecule has 0 amide bonds. The average Bonchev–Trinajstić information content (AvgIpc) is 3.23. The molecule has 0 bridgehead atoms. The monoisotopic (exact) mass is 431 g/mol. The summed E-state index contributed by atoms with van der Waals surface area (Å²) in [4.78, 5) is 17.6. The van der Waals surface area contributed by atoms with E-state index in [9.17, 15) is 4.79 Å². The maximum absolute atomic E-state index is 12.6. The number of fused-ring (bicyclic) bond motifs is 3. The van der Waals surface area contributed by atoms with Crippen molar-refractivity contribution in [1.82, 2.24) is 4.98 Å². The molecule has 0 aliphatic heterocycles. The van der Waals surface area contributed by atoms with Gasteiger partial charge in [0.05, 0.1) is 16.7 Å². The fraction of sp³-hybridized carbons (Fsp3) is 0. The molecule has 0 saturated carbocycles. The molecule has 0 atom stereocenters. The molecule has 1 N–H and O–H groups in total. The third-order valence-corrected chi connectivity index (χ3v) is 5.96. The zero-order chi connectivity index (χ0) is 20.5. The van der Waals surface area contributed by atoms with Gasteiger partial charge in [-0.2, -0.15) is 5.10 Å². The zero-order valence-corrected chi connectivity index (χ0v) is 17.1. The molecule has 0 aliphatic carbocycles. The van der Waals surface area contributed by atoms with E-state index in [0.29, 0.717) is 26.2 Å². The molecule has 0 spiro atoms. The van der Waals surface area contributed by atoms with Gasteiger partial charge in [-0.1, -0.05) is 71.5 Å². The van der Waals surface area contributed by atoms with Crippen molar-refractivity contribution in [1.29, 1.82) is 0 Å². The van der Waals surface area contributed by atoms with Crippen molar-refractivity contribution in [2.75, 3.05) is 5.43 Å². The van der Waals surface area contributed by atoms with Crippen LogP contribution in [-0.4, -0.2) is 11.2 Å². The Balaban J connectivity index is 1.48. The number of hydrogen-bond acceptors (Lipinski definition) is 6. The predicted octanol–water partition coefficient (Wildman–Crippen LogP) is 6.17. The Morgan fingerprint density at radius 3 is 2.77 bits per heavy atom. The van der Waals surface area contributed by atoms with E-state index in [2.05, 4.69) is 15.5 Å². The summed E-state index contributed by atoms with van der Waals surface area (Å²) in [6.07, 6.45) is 3.27. The van der Waals surface area contributed by atoms with E-state index in [1.54, 1.807) is 18.5 Å². The van der Waals surface area contributed by atoms with Crippen molar-refractivity contribution in [2.45, 2.75) is 0 Å². The van der Waals surface area contributed by atoms with Crippen LogP contribution < -0.4 is 11.1 Å². The molecule has 2 aromatic heterocycles. The van der Waals surface area contributed by atoms with Crippen LogP contribution in [0.15, 0.2) is 87.2 Å². The van der Waals surface area contributed by atoms with E-state index >= 15 is 0 Å². The van der Waals surface area contributed by atoms with Gasteiger partial charge in [0.25, 0.3) is 0 Å². The lowest BCUT2D eigenvalue weighted by Gasteiger charge is -2.04. The highest BCUT2D eigenvalue weighted by atomic mass is 35.5. The summed E-state index contributed by atoms with van der Waals surface area (Å²) in [6, 6.07) is 21.1. The van der Waals surface area contributed by atoms with E-state index in [0.717, 1.165) is 21.7 Å². The van der Waals surface area contributed by atoms with Crippen molar-refractivity contribution in [3.63, 3.8) is 0 Å². The van der Waals surface area contributed by atoms with Gasteiger partial charge >= 0.3 is 5.63 Å². The van der Waals surface area contributed by atoms with Gasteiger partial charge in [0.1, 0.15) is 5.58 Å². The molecule has 30 heavy (non-hydrogen) atoms. The summed E-state index contributed by atoms with van der Waals surface area (Å²) in [5.41, 5.74) is 4.32. The average molecular weight is 432 g/mol. The molecule has 3 aromatic carbocycles. The fourth-order valence-corrected chi connectivity index (χ4v) is 4.18. The van der Waals surface area contributed by atoms with Crippen LogP contribution in [-0.2, 0) is 0 Å². The predicted molar refractivity (Wildman–Crippen MR) is 124 cm³/mol. The number of hydrazone groups is 1. The number of nitrogens with one attached hydrogen (secondary N) is 1. The van der Waals surface area contributed by atoms with Gasteiger partial charge in [-0.05, 0) is 29.0 Å². The maximum Gasteiger partial charge on any atom is 0.345 e. The van der Waals surface area contributed by atoms with Crippen LogP contribution in [0.4, 0.5) is 5.13 Å². The minimum absolute atomic E-state index is 0.396. The molecule has 5 aromatic rings. The second-order valence-corrected chi connectivity index (χ2v) is 8.01. The van der Waals surface area contributed by atoms with E-state index in [1.807, 2.05) is 60.7 Å². The number of nitrogens with zero attached hydrogens (tertiary/aromatic N) is 2. The fourth-order valence-electron chi connectivity index (χ4n) is 3.23. The van der Waals surface area contributed by atoms with Crippen LogP contribution in [0.2, 0.25) is 5.02 Å². The number of thiazole rings is 1. The van der Waals surface area contributed by atoms with Gasteiger partial charge in [0.2, 0.25) is 5.13 Å². The third-order valence-electron chi connectivity index (χ3n) is 4.68. The van der Waals surface area contributed by atoms with Gasteiger partial charge in [-0.25, -0.2) is 9.78 Å². The summed E-state index contributed by atoms with van der Waals surface area (Å²) in [6.45, 7) is 0. The second kappa shape index (κ2) is 7.74. The summed E-state index contributed by atoms with van der Waals surface area (Å²) < 4.78 is 5.58. The Kier molecular flexibility index (Phi) is 4.78. The Morgan fingerprint density at radius 2 is 1.87 bits per heavy atom. The SMILES string of the molecule is O=c1oc2ccc3ccccc3c2cc1-c1cnc(N/N=C/c2ccccc2Cl)s1.